The molecule has 0 aliphatic carbocycles. The molecule has 1 aromatic heterocycles. The third kappa shape index (κ3) is 3.42. The molecule has 2 aromatic rings. The lowest BCUT2D eigenvalue weighted by Gasteiger charge is -2.02. The molecule has 0 atom stereocenters. The van der Waals surface area contributed by atoms with Crippen molar-refractivity contribution < 1.29 is 0 Å². The number of nitrogens with zero attached hydrogens (tertiary/aromatic N) is 2. The van der Waals surface area contributed by atoms with Crippen LogP contribution in [0.25, 0.3) is 0 Å². The molecular formula is C15H17N3. The van der Waals surface area contributed by atoms with Gasteiger partial charge in [0, 0.05) is 5.69 Å². The SMILES string of the molecule is Cc1cccc(/C=N/Nc2cc(C)cc(C)n2)c1. The number of aromatic nitrogens is 1. The largest absolute Gasteiger partial charge is 0.261 e. The highest BCUT2D eigenvalue weighted by Crippen LogP contribution is 2.09. The molecule has 0 fully saturated rings. The summed E-state index contributed by atoms with van der Waals surface area (Å²) in [6, 6.07) is 12.2. The highest BCUT2D eigenvalue weighted by molar-refractivity contribution is 5.80. The number of hydrogen-bond acceptors (Lipinski definition) is 3. The van der Waals surface area contributed by atoms with Crippen LogP contribution in [0.3, 0.4) is 0 Å². The molecule has 0 radical (unpaired) electrons. The van der Waals surface area contributed by atoms with Crippen LogP contribution in [0.15, 0.2) is 41.5 Å². The molecule has 3 nitrogen and oxygen atoms in total. The van der Waals surface area contributed by atoms with Gasteiger partial charge in [-0.3, -0.25) is 5.43 Å². The number of pyridine rings is 1. The summed E-state index contributed by atoms with van der Waals surface area (Å²) < 4.78 is 0. The van der Waals surface area contributed by atoms with Crippen LogP contribution in [-0.4, -0.2) is 11.2 Å². The number of rotatable bonds is 3. The fraction of sp³-hybridized carbons (Fsp3) is 0.200. The van der Waals surface area contributed by atoms with Crippen LogP contribution in [0.1, 0.15) is 22.4 Å². The summed E-state index contributed by atoms with van der Waals surface area (Å²) in [6.07, 6.45) is 1.80. The number of benzene rings is 1. The predicted octanol–water partition coefficient (Wildman–Crippen LogP) is 3.45. The van der Waals surface area contributed by atoms with E-state index in [-0.39, 0.29) is 0 Å². The quantitative estimate of drug-likeness (QED) is 0.658. The lowest BCUT2D eigenvalue weighted by atomic mass is 10.2. The van der Waals surface area contributed by atoms with Crippen LogP contribution in [0.4, 0.5) is 5.82 Å². The Balaban J connectivity index is 2.07. The van der Waals surface area contributed by atoms with Crippen molar-refractivity contribution in [2.75, 3.05) is 5.43 Å². The third-order valence-corrected chi connectivity index (χ3v) is 2.53. The first-order valence-electron chi connectivity index (χ1n) is 5.94. The molecule has 1 heterocycles. The van der Waals surface area contributed by atoms with E-state index in [0.29, 0.717) is 0 Å². The van der Waals surface area contributed by atoms with E-state index < -0.39 is 0 Å². The molecule has 0 saturated heterocycles. The summed E-state index contributed by atoms with van der Waals surface area (Å²) in [6.45, 7) is 6.09. The van der Waals surface area contributed by atoms with E-state index in [0.717, 1.165) is 17.1 Å². The summed E-state index contributed by atoms with van der Waals surface area (Å²) in [5.41, 5.74) is 7.42. The molecule has 3 heteroatoms. The Hall–Kier alpha value is -2.16. The lowest BCUT2D eigenvalue weighted by molar-refractivity contribution is 1.14. The first-order valence-corrected chi connectivity index (χ1v) is 5.94. The maximum atomic E-state index is 4.36. The summed E-state index contributed by atoms with van der Waals surface area (Å²) >= 11 is 0. The Kier molecular flexibility index (Phi) is 3.72. The van der Waals surface area contributed by atoms with Crippen LogP contribution < -0.4 is 5.43 Å². The fourth-order valence-corrected chi connectivity index (χ4v) is 1.82. The second-order valence-corrected chi connectivity index (χ2v) is 4.46. The first kappa shape index (κ1) is 12.3. The minimum atomic E-state index is 0.774. The number of aryl methyl sites for hydroxylation is 3. The van der Waals surface area contributed by atoms with E-state index in [1.165, 1.54) is 11.1 Å². The van der Waals surface area contributed by atoms with Gasteiger partial charge in [0.15, 0.2) is 0 Å². The highest BCUT2D eigenvalue weighted by Gasteiger charge is 1.95. The number of hydrogen-bond donors (Lipinski definition) is 1. The topological polar surface area (TPSA) is 37.3 Å². The van der Waals surface area contributed by atoms with Crippen molar-refractivity contribution in [3.8, 4) is 0 Å². The minimum absolute atomic E-state index is 0.774. The zero-order valence-electron chi connectivity index (χ0n) is 10.9. The van der Waals surface area contributed by atoms with E-state index in [1.54, 1.807) is 6.21 Å². The van der Waals surface area contributed by atoms with E-state index in [1.807, 2.05) is 38.1 Å². The minimum Gasteiger partial charge on any atom is -0.261 e. The van der Waals surface area contributed by atoms with Gasteiger partial charge in [0.2, 0.25) is 0 Å². The van der Waals surface area contributed by atoms with E-state index in [9.17, 15) is 0 Å². The van der Waals surface area contributed by atoms with Gasteiger partial charge >= 0.3 is 0 Å². The molecule has 0 unspecified atom stereocenters. The van der Waals surface area contributed by atoms with Gasteiger partial charge in [-0.1, -0.05) is 29.8 Å². The van der Waals surface area contributed by atoms with Crippen LogP contribution in [-0.2, 0) is 0 Å². The van der Waals surface area contributed by atoms with Gasteiger partial charge in [-0.15, -0.1) is 0 Å². The first-order chi connectivity index (χ1) is 8.63. The second kappa shape index (κ2) is 5.45. The molecule has 1 N–H and O–H groups in total. The molecule has 92 valence electrons. The lowest BCUT2D eigenvalue weighted by Crippen LogP contribution is -1.95. The molecule has 1 aromatic carbocycles. The molecule has 0 amide bonds. The van der Waals surface area contributed by atoms with Crippen molar-refractivity contribution in [1.29, 1.82) is 0 Å². The standard InChI is InChI=1S/C15H17N3/c1-11-5-4-6-14(8-11)10-16-18-15-9-12(2)7-13(3)17-15/h4-10H,1-3H3,(H,17,18)/b16-10+. The second-order valence-electron chi connectivity index (χ2n) is 4.46. The summed E-state index contributed by atoms with van der Waals surface area (Å²) in [4.78, 5) is 4.36. The molecule has 0 aliphatic heterocycles. The fourth-order valence-electron chi connectivity index (χ4n) is 1.82. The van der Waals surface area contributed by atoms with Crippen molar-refractivity contribution >= 4 is 12.0 Å². The van der Waals surface area contributed by atoms with Crippen molar-refractivity contribution in [2.45, 2.75) is 20.8 Å². The summed E-state index contributed by atoms with van der Waals surface area (Å²) in [5.74, 6) is 0.774. The molecule has 0 saturated carbocycles. The number of nitrogens with one attached hydrogen (secondary N) is 1. The van der Waals surface area contributed by atoms with Crippen molar-refractivity contribution in [3.05, 3.63) is 58.8 Å². The van der Waals surface area contributed by atoms with Gasteiger partial charge in [0.05, 0.1) is 6.21 Å². The molecule has 2 rings (SSSR count). The smallest absolute Gasteiger partial charge is 0.146 e. The van der Waals surface area contributed by atoms with E-state index in [4.69, 9.17) is 0 Å². The average Bonchev–Trinajstić information content (AvgIpc) is 2.27. The van der Waals surface area contributed by atoms with Gasteiger partial charge in [-0.2, -0.15) is 5.10 Å². The highest BCUT2D eigenvalue weighted by atomic mass is 15.3. The number of hydrazone groups is 1. The van der Waals surface area contributed by atoms with Gasteiger partial charge < -0.3 is 0 Å². The van der Waals surface area contributed by atoms with Crippen molar-refractivity contribution in [1.82, 2.24) is 4.98 Å². The molecule has 18 heavy (non-hydrogen) atoms. The zero-order valence-corrected chi connectivity index (χ0v) is 10.9. The third-order valence-electron chi connectivity index (χ3n) is 2.53. The van der Waals surface area contributed by atoms with Crippen LogP contribution in [0.2, 0.25) is 0 Å². The molecular weight excluding hydrogens is 222 g/mol. The Bertz CT molecular complexity index is 553. The van der Waals surface area contributed by atoms with Crippen molar-refractivity contribution in [3.63, 3.8) is 0 Å². The van der Waals surface area contributed by atoms with Crippen LogP contribution >= 0.6 is 0 Å². The van der Waals surface area contributed by atoms with Gasteiger partial charge in [-0.25, -0.2) is 4.98 Å². The Morgan fingerprint density at radius 3 is 2.61 bits per heavy atom. The van der Waals surface area contributed by atoms with Gasteiger partial charge in [-0.05, 0) is 44.0 Å². The Morgan fingerprint density at radius 1 is 1.06 bits per heavy atom. The Labute approximate surface area is 108 Å². The van der Waals surface area contributed by atoms with Crippen LogP contribution in [0, 0.1) is 20.8 Å². The van der Waals surface area contributed by atoms with E-state index >= 15 is 0 Å². The summed E-state index contributed by atoms with van der Waals surface area (Å²) in [5, 5.41) is 4.20. The van der Waals surface area contributed by atoms with Gasteiger partial charge in [0.25, 0.3) is 0 Å². The predicted molar refractivity (Wildman–Crippen MR) is 76.1 cm³/mol. The monoisotopic (exact) mass is 239 g/mol. The zero-order chi connectivity index (χ0) is 13.0. The summed E-state index contributed by atoms with van der Waals surface area (Å²) in [7, 11) is 0. The van der Waals surface area contributed by atoms with Crippen molar-refractivity contribution in [2.24, 2.45) is 5.10 Å². The average molecular weight is 239 g/mol. The van der Waals surface area contributed by atoms with E-state index in [2.05, 4.69) is 34.6 Å². The maximum Gasteiger partial charge on any atom is 0.146 e. The molecule has 0 bridgehead atoms. The van der Waals surface area contributed by atoms with Crippen LogP contribution in [0.5, 0.6) is 0 Å². The normalized spacial score (nSPS) is 10.8. The Morgan fingerprint density at radius 2 is 1.89 bits per heavy atom. The van der Waals surface area contributed by atoms with Gasteiger partial charge in [0.1, 0.15) is 5.82 Å². The number of anilines is 1. The maximum absolute atomic E-state index is 4.36. The molecule has 0 spiro atoms. The molecule has 0 aliphatic rings.